The lowest BCUT2D eigenvalue weighted by atomic mass is 10.2. The van der Waals surface area contributed by atoms with E-state index in [4.69, 9.17) is 11.6 Å². The summed E-state index contributed by atoms with van der Waals surface area (Å²) in [5.41, 5.74) is 3.45. The minimum Gasteiger partial charge on any atom is -0.380 e. The molecule has 4 heteroatoms. The number of halogens is 2. The fourth-order valence-corrected chi connectivity index (χ4v) is 2.79. The first-order chi connectivity index (χ1) is 10.1. The molecule has 0 bridgehead atoms. The van der Waals surface area contributed by atoms with Crippen LogP contribution in [0.5, 0.6) is 0 Å². The van der Waals surface area contributed by atoms with Gasteiger partial charge in [0.25, 0.3) is 0 Å². The highest BCUT2D eigenvalue weighted by molar-refractivity contribution is 9.10. The van der Waals surface area contributed by atoms with E-state index in [2.05, 4.69) is 64.3 Å². The molecule has 2 rings (SSSR count). The van der Waals surface area contributed by atoms with Crippen LogP contribution in [0.4, 0.5) is 11.4 Å². The zero-order chi connectivity index (χ0) is 15.2. The van der Waals surface area contributed by atoms with E-state index in [9.17, 15) is 0 Å². The molecule has 2 nitrogen and oxygen atoms in total. The molecule has 21 heavy (non-hydrogen) atoms. The lowest BCUT2D eigenvalue weighted by Gasteiger charge is -2.21. The van der Waals surface area contributed by atoms with Gasteiger partial charge in [-0.3, -0.25) is 0 Å². The van der Waals surface area contributed by atoms with Gasteiger partial charge in [0.2, 0.25) is 0 Å². The average Bonchev–Trinajstić information content (AvgIpc) is 2.51. The van der Waals surface area contributed by atoms with Crippen LogP contribution >= 0.6 is 27.5 Å². The van der Waals surface area contributed by atoms with Crippen LogP contribution in [0.1, 0.15) is 19.4 Å². The summed E-state index contributed by atoms with van der Waals surface area (Å²) in [6.45, 7) is 7.17. The van der Waals surface area contributed by atoms with E-state index in [-0.39, 0.29) is 0 Å². The highest BCUT2D eigenvalue weighted by atomic mass is 79.9. The fraction of sp³-hybridized carbons (Fsp3) is 0.294. The summed E-state index contributed by atoms with van der Waals surface area (Å²) in [6, 6.07) is 14.5. The molecule has 2 aromatic carbocycles. The molecule has 2 aromatic rings. The van der Waals surface area contributed by atoms with Crippen molar-refractivity contribution in [1.29, 1.82) is 0 Å². The van der Waals surface area contributed by atoms with Crippen LogP contribution in [0.15, 0.2) is 46.9 Å². The van der Waals surface area contributed by atoms with E-state index < -0.39 is 0 Å². The first-order valence-corrected chi connectivity index (χ1v) is 8.34. The Kier molecular flexibility index (Phi) is 5.95. The molecule has 0 amide bonds. The molecule has 0 atom stereocenters. The van der Waals surface area contributed by atoms with Crippen molar-refractivity contribution in [3.63, 3.8) is 0 Å². The SMILES string of the molecule is CCN(CC)c1ccc(CNc2cc(Br)ccc2Cl)cc1. The third-order valence-corrected chi connectivity index (χ3v) is 4.30. The first-order valence-electron chi connectivity index (χ1n) is 7.16. The molecule has 0 saturated carbocycles. The number of anilines is 2. The average molecular weight is 368 g/mol. The highest BCUT2D eigenvalue weighted by Gasteiger charge is 2.03. The third-order valence-electron chi connectivity index (χ3n) is 3.48. The molecule has 1 N–H and O–H groups in total. The Morgan fingerprint density at radius 2 is 1.71 bits per heavy atom. The largest absolute Gasteiger partial charge is 0.380 e. The summed E-state index contributed by atoms with van der Waals surface area (Å²) in [4.78, 5) is 2.34. The molecule has 112 valence electrons. The third kappa shape index (κ3) is 4.39. The lowest BCUT2D eigenvalue weighted by molar-refractivity contribution is 0.865. The monoisotopic (exact) mass is 366 g/mol. The van der Waals surface area contributed by atoms with Gasteiger partial charge in [-0.25, -0.2) is 0 Å². The Labute approximate surface area is 140 Å². The van der Waals surface area contributed by atoms with Crippen LogP contribution in [0.3, 0.4) is 0 Å². The topological polar surface area (TPSA) is 15.3 Å². The predicted molar refractivity (Wildman–Crippen MR) is 96.5 cm³/mol. The van der Waals surface area contributed by atoms with Crippen LogP contribution in [0.2, 0.25) is 5.02 Å². The summed E-state index contributed by atoms with van der Waals surface area (Å²) in [6.07, 6.45) is 0. The van der Waals surface area contributed by atoms with E-state index in [1.807, 2.05) is 18.2 Å². The lowest BCUT2D eigenvalue weighted by Crippen LogP contribution is -2.21. The molecule has 0 heterocycles. The minimum absolute atomic E-state index is 0.734. The van der Waals surface area contributed by atoms with Gasteiger partial charge >= 0.3 is 0 Å². The van der Waals surface area contributed by atoms with Crippen LogP contribution in [0, 0.1) is 0 Å². The van der Waals surface area contributed by atoms with Gasteiger partial charge in [0.15, 0.2) is 0 Å². The Hall–Kier alpha value is -1.19. The Balaban J connectivity index is 2.02. The van der Waals surface area contributed by atoms with E-state index in [1.165, 1.54) is 11.3 Å². The fourth-order valence-electron chi connectivity index (χ4n) is 2.24. The van der Waals surface area contributed by atoms with Gasteiger partial charge in [0, 0.05) is 29.8 Å². The summed E-state index contributed by atoms with van der Waals surface area (Å²) >= 11 is 9.64. The Morgan fingerprint density at radius 1 is 1.05 bits per heavy atom. The molecule has 0 unspecified atom stereocenters. The molecule has 0 saturated heterocycles. The van der Waals surface area contributed by atoms with Gasteiger partial charge in [-0.15, -0.1) is 0 Å². The summed E-state index contributed by atoms with van der Waals surface area (Å²) in [5, 5.41) is 4.11. The van der Waals surface area contributed by atoms with Crippen molar-refractivity contribution >= 4 is 38.9 Å². The molecule has 0 aliphatic heterocycles. The molecular formula is C17H20BrClN2. The number of hydrogen-bond acceptors (Lipinski definition) is 2. The molecule has 0 fully saturated rings. The molecular weight excluding hydrogens is 348 g/mol. The summed E-state index contributed by atoms with van der Waals surface area (Å²) < 4.78 is 1.02. The zero-order valence-electron chi connectivity index (χ0n) is 12.4. The maximum Gasteiger partial charge on any atom is 0.0638 e. The molecule has 0 aromatic heterocycles. The van der Waals surface area contributed by atoms with Crippen molar-refractivity contribution in [1.82, 2.24) is 0 Å². The Morgan fingerprint density at radius 3 is 2.33 bits per heavy atom. The first kappa shape index (κ1) is 16.2. The molecule has 0 radical (unpaired) electrons. The van der Waals surface area contributed by atoms with Crippen molar-refractivity contribution in [3.8, 4) is 0 Å². The van der Waals surface area contributed by atoms with E-state index >= 15 is 0 Å². The van der Waals surface area contributed by atoms with Crippen LogP contribution in [-0.4, -0.2) is 13.1 Å². The van der Waals surface area contributed by atoms with E-state index in [0.29, 0.717) is 0 Å². The van der Waals surface area contributed by atoms with Crippen molar-refractivity contribution in [2.45, 2.75) is 20.4 Å². The number of rotatable bonds is 6. The van der Waals surface area contributed by atoms with Gasteiger partial charge in [0.1, 0.15) is 0 Å². The standard InChI is InChI=1S/C17H20BrClN2/c1-3-21(4-2)15-8-5-13(6-9-15)12-20-17-11-14(18)7-10-16(17)19/h5-11,20H,3-4,12H2,1-2H3. The van der Waals surface area contributed by atoms with Gasteiger partial charge in [-0.2, -0.15) is 0 Å². The molecule has 0 aliphatic carbocycles. The zero-order valence-corrected chi connectivity index (χ0v) is 14.7. The summed E-state index contributed by atoms with van der Waals surface area (Å²) in [7, 11) is 0. The quantitative estimate of drug-likeness (QED) is 0.719. The van der Waals surface area contributed by atoms with Gasteiger partial charge < -0.3 is 10.2 Å². The van der Waals surface area contributed by atoms with Crippen LogP contribution in [-0.2, 0) is 6.54 Å². The van der Waals surface area contributed by atoms with Gasteiger partial charge in [-0.05, 0) is 49.7 Å². The van der Waals surface area contributed by atoms with Crippen molar-refractivity contribution in [2.75, 3.05) is 23.3 Å². The van der Waals surface area contributed by atoms with E-state index in [1.54, 1.807) is 0 Å². The van der Waals surface area contributed by atoms with Crippen LogP contribution < -0.4 is 10.2 Å². The maximum absolute atomic E-state index is 6.18. The number of hydrogen-bond donors (Lipinski definition) is 1. The highest BCUT2D eigenvalue weighted by Crippen LogP contribution is 2.26. The second kappa shape index (κ2) is 7.71. The maximum atomic E-state index is 6.18. The normalized spacial score (nSPS) is 10.5. The number of benzene rings is 2. The second-order valence-electron chi connectivity index (χ2n) is 4.82. The van der Waals surface area contributed by atoms with Crippen LogP contribution in [0.25, 0.3) is 0 Å². The number of nitrogens with zero attached hydrogens (tertiary/aromatic N) is 1. The van der Waals surface area contributed by atoms with Crippen molar-refractivity contribution in [2.24, 2.45) is 0 Å². The second-order valence-corrected chi connectivity index (χ2v) is 6.14. The van der Waals surface area contributed by atoms with Gasteiger partial charge in [-0.1, -0.05) is 39.7 Å². The molecule has 0 spiro atoms. The number of nitrogens with one attached hydrogen (secondary N) is 1. The minimum atomic E-state index is 0.734. The van der Waals surface area contributed by atoms with Crippen molar-refractivity contribution in [3.05, 3.63) is 57.5 Å². The predicted octanol–water partition coefficient (Wildman–Crippen LogP) is 5.56. The van der Waals surface area contributed by atoms with Crippen molar-refractivity contribution < 1.29 is 0 Å². The smallest absolute Gasteiger partial charge is 0.0638 e. The summed E-state index contributed by atoms with van der Waals surface area (Å²) in [5.74, 6) is 0. The van der Waals surface area contributed by atoms with Gasteiger partial charge in [0.05, 0.1) is 10.7 Å². The van der Waals surface area contributed by atoms with E-state index in [0.717, 1.165) is 34.8 Å². The molecule has 0 aliphatic rings. The Bertz CT molecular complexity index is 580.